The Bertz CT molecular complexity index is 1450. The number of anilines is 2. The zero-order valence-corrected chi connectivity index (χ0v) is 20.4. The van der Waals surface area contributed by atoms with Crippen molar-refractivity contribution in [1.29, 1.82) is 0 Å². The lowest BCUT2D eigenvalue weighted by atomic mass is 10.0. The minimum absolute atomic E-state index is 0.00733. The number of carbonyl (C=O) groups excluding carboxylic acids is 2. The van der Waals surface area contributed by atoms with Crippen LogP contribution in [0.3, 0.4) is 0 Å². The van der Waals surface area contributed by atoms with E-state index in [0.717, 1.165) is 0 Å². The number of aromatic nitrogens is 4. The Hall–Kier alpha value is -4.23. The molecule has 3 atom stereocenters. The Morgan fingerprint density at radius 3 is 2.29 bits per heavy atom. The summed E-state index contributed by atoms with van der Waals surface area (Å²) in [6.45, 7) is 1.27. The van der Waals surface area contributed by atoms with Crippen molar-refractivity contribution in [2.24, 2.45) is 0 Å². The van der Waals surface area contributed by atoms with Gasteiger partial charge in [0.1, 0.15) is 17.9 Å². The van der Waals surface area contributed by atoms with E-state index < -0.39 is 36.4 Å². The molecule has 3 heterocycles. The van der Waals surface area contributed by atoms with Crippen LogP contribution in [0.4, 0.5) is 11.8 Å². The molecule has 12 heteroatoms. The van der Waals surface area contributed by atoms with Gasteiger partial charge in [0.25, 0.3) is 11.8 Å². The summed E-state index contributed by atoms with van der Waals surface area (Å²) >= 11 is 0. The fraction of sp³-hybridized carbons (Fsp3) is 0.269. The molecule has 4 N–H and O–H groups in total. The smallest absolute Gasteiger partial charge is 0.258 e. The number of ether oxygens (including phenoxy) is 2. The Morgan fingerprint density at radius 1 is 1.08 bits per heavy atom. The molecular formula is C26H26N6O6. The number of nitrogens with zero attached hydrogens (tertiary/aromatic N) is 4. The van der Waals surface area contributed by atoms with E-state index in [2.05, 4.69) is 25.6 Å². The van der Waals surface area contributed by atoms with Gasteiger partial charge in [-0.3, -0.25) is 19.5 Å². The fourth-order valence-electron chi connectivity index (χ4n) is 4.15. The van der Waals surface area contributed by atoms with Gasteiger partial charge in [-0.15, -0.1) is 0 Å². The Kier molecular flexibility index (Phi) is 7.11. The number of amides is 2. The first-order valence-corrected chi connectivity index (χ1v) is 11.9. The van der Waals surface area contributed by atoms with Gasteiger partial charge in [0.05, 0.1) is 26.1 Å². The van der Waals surface area contributed by atoms with Crippen molar-refractivity contribution in [2.45, 2.75) is 24.9 Å². The third-order valence-corrected chi connectivity index (χ3v) is 6.24. The monoisotopic (exact) mass is 518 g/mol. The molecule has 2 amide bonds. The summed E-state index contributed by atoms with van der Waals surface area (Å²) < 4.78 is 12.9. The third kappa shape index (κ3) is 4.97. The number of carbonyl (C=O) groups is 2. The number of hydrogen-bond acceptors (Lipinski definition) is 9. The van der Waals surface area contributed by atoms with Gasteiger partial charge in [-0.25, -0.2) is 4.98 Å². The van der Waals surface area contributed by atoms with Crippen molar-refractivity contribution in [2.75, 3.05) is 30.5 Å². The summed E-state index contributed by atoms with van der Waals surface area (Å²) in [5, 5.41) is 25.7. The molecule has 1 unspecified atom stereocenters. The van der Waals surface area contributed by atoms with Gasteiger partial charge in [-0.2, -0.15) is 9.97 Å². The largest absolute Gasteiger partial charge is 0.393 e. The van der Waals surface area contributed by atoms with Gasteiger partial charge in [-0.05, 0) is 31.2 Å². The Morgan fingerprint density at radius 2 is 1.71 bits per heavy atom. The van der Waals surface area contributed by atoms with Gasteiger partial charge in [-0.1, -0.05) is 36.4 Å². The van der Waals surface area contributed by atoms with Crippen LogP contribution in [0.25, 0.3) is 11.2 Å². The van der Waals surface area contributed by atoms with Crippen molar-refractivity contribution in [1.82, 2.24) is 19.5 Å². The van der Waals surface area contributed by atoms with E-state index >= 15 is 0 Å². The molecule has 0 radical (unpaired) electrons. The minimum Gasteiger partial charge on any atom is -0.393 e. The number of rotatable bonds is 8. The molecule has 5 rings (SSSR count). The normalized spacial score (nSPS) is 19.8. The van der Waals surface area contributed by atoms with Crippen LogP contribution in [0.2, 0.25) is 0 Å². The van der Waals surface area contributed by atoms with E-state index in [4.69, 9.17) is 9.47 Å². The quantitative estimate of drug-likeness (QED) is 0.273. The molecule has 12 nitrogen and oxygen atoms in total. The summed E-state index contributed by atoms with van der Waals surface area (Å²) in [7, 11) is 0. The average Bonchev–Trinajstić information content (AvgIpc) is 3.53. The van der Waals surface area contributed by atoms with Crippen LogP contribution in [0.15, 0.2) is 67.0 Å². The van der Waals surface area contributed by atoms with Crippen LogP contribution in [0.5, 0.6) is 0 Å². The highest BCUT2D eigenvalue weighted by atomic mass is 16.6. The van der Waals surface area contributed by atoms with E-state index in [1.165, 1.54) is 6.33 Å². The van der Waals surface area contributed by atoms with Gasteiger partial charge in [0.15, 0.2) is 17.0 Å². The molecule has 4 aromatic rings. The predicted octanol–water partition coefficient (Wildman–Crippen LogP) is 1.99. The molecule has 2 aromatic heterocycles. The average molecular weight is 519 g/mol. The molecule has 0 aliphatic carbocycles. The molecule has 1 aliphatic rings. The highest BCUT2D eigenvalue weighted by Gasteiger charge is 2.45. The molecule has 0 bridgehead atoms. The number of benzene rings is 2. The molecular weight excluding hydrogens is 492 g/mol. The number of aliphatic hydroxyl groups is 2. The molecule has 196 valence electrons. The third-order valence-electron chi connectivity index (χ3n) is 6.24. The van der Waals surface area contributed by atoms with Crippen LogP contribution >= 0.6 is 0 Å². The van der Waals surface area contributed by atoms with Crippen molar-refractivity contribution < 1.29 is 29.3 Å². The predicted molar refractivity (Wildman–Crippen MR) is 137 cm³/mol. The molecule has 0 spiro atoms. The summed E-state index contributed by atoms with van der Waals surface area (Å²) in [4.78, 5) is 38.9. The second-order valence-corrected chi connectivity index (χ2v) is 8.83. The summed E-state index contributed by atoms with van der Waals surface area (Å²) in [6, 6.07) is 17.1. The van der Waals surface area contributed by atoms with Gasteiger partial charge in [0.2, 0.25) is 5.95 Å². The first kappa shape index (κ1) is 25.4. The minimum atomic E-state index is -1.32. The maximum Gasteiger partial charge on any atom is 0.258 e. The van der Waals surface area contributed by atoms with E-state index in [1.807, 2.05) is 0 Å². The summed E-state index contributed by atoms with van der Waals surface area (Å²) in [6.07, 6.45) is -0.354. The van der Waals surface area contributed by atoms with Gasteiger partial charge >= 0.3 is 0 Å². The van der Waals surface area contributed by atoms with Crippen molar-refractivity contribution >= 4 is 34.7 Å². The number of hydrogen-bond donors (Lipinski definition) is 4. The first-order chi connectivity index (χ1) is 18.4. The van der Waals surface area contributed by atoms with Gasteiger partial charge < -0.3 is 25.0 Å². The Labute approximate surface area is 217 Å². The van der Waals surface area contributed by atoms with E-state index in [9.17, 15) is 19.8 Å². The van der Waals surface area contributed by atoms with E-state index in [0.29, 0.717) is 11.1 Å². The molecule has 2 aromatic carbocycles. The van der Waals surface area contributed by atoms with Crippen LogP contribution < -0.4 is 10.6 Å². The first-order valence-electron chi connectivity index (χ1n) is 11.9. The molecule has 1 saturated heterocycles. The topological polar surface area (TPSA) is 161 Å². The summed E-state index contributed by atoms with van der Waals surface area (Å²) in [5.41, 5.74) is -0.0104. The lowest BCUT2D eigenvalue weighted by molar-refractivity contribution is -0.173. The zero-order chi connectivity index (χ0) is 26.7. The van der Waals surface area contributed by atoms with Gasteiger partial charge in [0, 0.05) is 11.1 Å². The van der Waals surface area contributed by atoms with E-state index in [-0.39, 0.29) is 36.1 Å². The molecule has 0 saturated carbocycles. The second kappa shape index (κ2) is 10.6. The fourth-order valence-corrected chi connectivity index (χ4v) is 4.15. The van der Waals surface area contributed by atoms with Crippen molar-refractivity contribution in [3.05, 3.63) is 78.1 Å². The number of nitrogens with one attached hydrogen (secondary N) is 2. The highest BCUT2D eigenvalue weighted by molar-refractivity contribution is 6.08. The number of aliphatic hydroxyl groups excluding tert-OH is 2. The van der Waals surface area contributed by atoms with Crippen LogP contribution in [0.1, 0.15) is 33.9 Å². The SMILES string of the molecule is CC(O[C@@]1(CO)COC[C@H]1O)n1cnc2c(NC(=O)c3ccccc3)nc(NC(=O)c3ccccc3)nc21. The Balaban J connectivity index is 1.52. The standard InChI is InChI=1S/C26H26N6O6/c1-16(38-26(13-33)14-37-12-19(26)34)32-15-27-20-21(28-23(35)17-8-4-2-5-9-17)29-25(30-22(20)32)31-24(36)18-10-6-3-7-11-18/h2-11,15-16,19,33-34H,12-14H2,1H3,(H2,28,29,30,31,35,36)/t16?,19-,26+/m1/s1. The van der Waals surface area contributed by atoms with Crippen LogP contribution in [0, 0.1) is 0 Å². The molecule has 1 aliphatic heterocycles. The van der Waals surface area contributed by atoms with Crippen molar-refractivity contribution in [3.8, 4) is 0 Å². The second-order valence-electron chi connectivity index (χ2n) is 8.83. The molecule has 1 fully saturated rings. The lowest BCUT2D eigenvalue weighted by Gasteiger charge is -2.32. The lowest BCUT2D eigenvalue weighted by Crippen LogP contribution is -2.48. The van der Waals surface area contributed by atoms with E-state index in [1.54, 1.807) is 72.2 Å². The zero-order valence-electron chi connectivity index (χ0n) is 20.4. The highest BCUT2D eigenvalue weighted by Crippen LogP contribution is 2.31. The number of fused-ring (bicyclic) bond motifs is 1. The molecule has 38 heavy (non-hydrogen) atoms. The number of imidazole rings is 1. The van der Waals surface area contributed by atoms with Crippen molar-refractivity contribution in [3.63, 3.8) is 0 Å². The summed E-state index contributed by atoms with van der Waals surface area (Å²) in [5.74, 6) is -0.842. The van der Waals surface area contributed by atoms with Crippen LogP contribution in [-0.2, 0) is 9.47 Å². The maximum absolute atomic E-state index is 12.9. The van der Waals surface area contributed by atoms with Crippen LogP contribution in [-0.4, -0.2) is 73.1 Å². The maximum atomic E-state index is 12.9.